The van der Waals surface area contributed by atoms with Gasteiger partial charge in [0.15, 0.2) is 0 Å². The summed E-state index contributed by atoms with van der Waals surface area (Å²) in [5.74, 6) is 2.14. The molecule has 3 rings (SSSR count). The largest absolute Gasteiger partial charge is 0.492 e. The number of aromatic nitrogens is 5. The predicted molar refractivity (Wildman–Crippen MR) is 90.0 cm³/mol. The summed E-state index contributed by atoms with van der Waals surface area (Å²) in [6.45, 7) is 8.68. The molecule has 0 amide bonds. The van der Waals surface area contributed by atoms with Crippen LogP contribution in [0.3, 0.4) is 0 Å². The topological polar surface area (TPSA) is 65.2 Å². The Labute approximate surface area is 139 Å². The summed E-state index contributed by atoms with van der Waals surface area (Å²) in [4.78, 5) is 13.4. The van der Waals surface area contributed by atoms with Gasteiger partial charge in [-0.05, 0) is 45.4 Å². The Morgan fingerprint density at radius 2 is 2.00 bits per heavy atom. The van der Waals surface area contributed by atoms with Gasteiger partial charge in [0.25, 0.3) is 5.78 Å². The SMILES string of the molecule is CCOc1ccc(CSc2nc3nc(C)c(C)c(C)n3n2)nc1. The third kappa shape index (κ3) is 3.29. The molecule has 0 saturated heterocycles. The van der Waals surface area contributed by atoms with E-state index in [2.05, 4.69) is 27.0 Å². The van der Waals surface area contributed by atoms with E-state index in [4.69, 9.17) is 4.74 Å². The van der Waals surface area contributed by atoms with Crippen molar-refractivity contribution in [3.8, 4) is 5.75 Å². The quantitative estimate of drug-likeness (QED) is 0.670. The molecule has 3 heterocycles. The van der Waals surface area contributed by atoms with E-state index < -0.39 is 0 Å². The van der Waals surface area contributed by atoms with Gasteiger partial charge in [-0.3, -0.25) is 4.98 Å². The summed E-state index contributed by atoms with van der Waals surface area (Å²) >= 11 is 1.55. The monoisotopic (exact) mass is 329 g/mol. The minimum absolute atomic E-state index is 0.645. The maximum Gasteiger partial charge on any atom is 0.253 e. The van der Waals surface area contributed by atoms with Gasteiger partial charge in [-0.25, -0.2) is 9.50 Å². The van der Waals surface area contributed by atoms with Gasteiger partial charge in [0, 0.05) is 17.1 Å². The van der Waals surface area contributed by atoms with E-state index in [1.165, 1.54) is 0 Å². The van der Waals surface area contributed by atoms with Crippen LogP contribution in [0.25, 0.3) is 5.78 Å². The van der Waals surface area contributed by atoms with Gasteiger partial charge >= 0.3 is 0 Å². The van der Waals surface area contributed by atoms with Gasteiger partial charge < -0.3 is 4.74 Å². The molecule has 0 aliphatic heterocycles. The number of fused-ring (bicyclic) bond motifs is 1. The van der Waals surface area contributed by atoms with Crippen LogP contribution in [0.1, 0.15) is 29.6 Å². The summed E-state index contributed by atoms with van der Waals surface area (Å²) in [5, 5.41) is 5.24. The molecule has 0 spiro atoms. The standard InChI is InChI=1S/C16H19N5OS/c1-5-22-14-7-6-13(17-8-14)9-23-16-19-15-18-11(3)10(2)12(4)21(15)20-16/h6-8H,5,9H2,1-4H3. The molecule has 0 fully saturated rings. The second-order valence-corrected chi connectivity index (χ2v) is 6.16. The first-order valence-electron chi connectivity index (χ1n) is 7.49. The molecule has 0 radical (unpaired) electrons. The molecule has 0 atom stereocenters. The van der Waals surface area contributed by atoms with Crippen LogP contribution >= 0.6 is 11.8 Å². The lowest BCUT2D eigenvalue weighted by molar-refractivity contribution is 0.338. The number of nitrogens with zero attached hydrogens (tertiary/aromatic N) is 5. The fourth-order valence-electron chi connectivity index (χ4n) is 2.19. The third-order valence-electron chi connectivity index (χ3n) is 3.70. The average Bonchev–Trinajstić information content (AvgIpc) is 2.95. The van der Waals surface area contributed by atoms with Crippen LogP contribution in [0.2, 0.25) is 0 Å². The first-order valence-corrected chi connectivity index (χ1v) is 8.48. The molecule has 0 aliphatic carbocycles. The van der Waals surface area contributed by atoms with Gasteiger partial charge in [0.1, 0.15) is 5.75 Å². The zero-order chi connectivity index (χ0) is 16.4. The normalized spacial score (nSPS) is 11.1. The van der Waals surface area contributed by atoms with E-state index in [-0.39, 0.29) is 0 Å². The minimum atomic E-state index is 0.645. The number of thioether (sulfide) groups is 1. The second kappa shape index (κ2) is 6.54. The molecule has 120 valence electrons. The van der Waals surface area contributed by atoms with Crippen LogP contribution in [0.4, 0.5) is 0 Å². The first kappa shape index (κ1) is 15.7. The Morgan fingerprint density at radius 1 is 1.17 bits per heavy atom. The summed E-state index contributed by atoms with van der Waals surface area (Å²) in [6.07, 6.45) is 1.74. The van der Waals surface area contributed by atoms with Gasteiger partial charge in [-0.2, -0.15) is 4.98 Å². The lowest BCUT2D eigenvalue weighted by atomic mass is 10.2. The van der Waals surface area contributed by atoms with Gasteiger partial charge in [0.05, 0.1) is 18.5 Å². The summed E-state index contributed by atoms with van der Waals surface area (Å²) < 4.78 is 7.20. The molecule has 23 heavy (non-hydrogen) atoms. The smallest absolute Gasteiger partial charge is 0.253 e. The van der Waals surface area contributed by atoms with Crippen LogP contribution in [0, 0.1) is 20.8 Å². The molecule has 0 aromatic carbocycles. The lowest BCUT2D eigenvalue weighted by Gasteiger charge is -2.04. The highest BCUT2D eigenvalue weighted by Gasteiger charge is 2.11. The number of hydrogen-bond donors (Lipinski definition) is 0. The van der Waals surface area contributed by atoms with Crippen molar-refractivity contribution in [1.29, 1.82) is 0 Å². The van der Waals surface area contributed by atoms with E-state index in [0.717, 1.165) is 28.4 Å². The highest BCUT2D eigenvalue weighted by Crippen LogP contribution is 2.21. The van der Waals surface area contributed by atoms with Crippen molar-refractivity contribution in [3.05, 3.63) is 41.0 Å². The number of pyridine rings is 1. The highest BCUT2D eigenvalue weighted by atomic mass is 32.2. The van der Waals surface area contributed by atoms with Crippen LogP contribution in [-0.2, 0) is 5.75 Å². The number of ether oxygens (including phenoxy) is 1. The van der Waals surface area contributed by atoms with Crippen LogP contribution < -0.4 is 4.74 Å². The molecule has 3 aromatic heterocycles. The van der Waals surface area contributed by atoms with Crippen molar-refractivity contribution in [2.45, 2.75) is 38.6 Å². The van der Waals surface area contributed by atoms with Crippen LogP contribution in [-0.4, -0.2) is 31.2 Å². The molecular weight excluding hydrogens is 310 g/mol. The van der Waals surface area contributed by atoms with E-state index in [1.54, 1.807) is 22.5 Å². The Balaban J connectivity index is 1.75. The Bertz CT molecular complexity index is 829. The second-order valence-electron chi connectivity index (χ2n) is 5.22. The van der Waals surface area contributed by atoms with Crippen molar-refractivity contribution < 1.29 is 4.74 Å². The molecule has 6 nitrogen and oxygen atoms in total. The van der Waals surface area contributed by atoms with Crippen molar-refractivity contribution >= 4 is 17.5 Å². The summed E-state index contributed by atoms with van der Waals surface area (Å²) in [7, 11) is 0. The maximum atomic E-state index is 5.39. The molecule has 0 saturated carbocycles. The minimum Gasteiger partial charge on any atom is -0.492 e. The van der Waals surface area contributed by atoms with Gasteiger partial charge in [0.2, 0.25) is 5.16 Å². The lowest BCUT2D eigenvalue weighted by Crippen LogP contribution is -2.02. The fourth-order valence-corrected chi connectivity index (χ4v) is 2.92. The zero-order valence-electron chi connectivity index (χ0n) is 13.7. The number of hydrogen-bond acceptors (Lipinski definition) is 6. The van der Waals surface area contributed by atoms with E-state index in [0.29, 0.717) is 23.3 Å². The van der Waals surface area contributed by atoms with Gasteiger partial charge in [-0.15, -0.1) is 5.10 Å². The molecule has 0 unspecified atom stereocenters. The van der Waals surface area contributed by atoms with Crippen molar-refractivity contribution in [3.63, 3.8) is 0 Å². The molecule has 0 N–H and O–H groups in total. The zero-order valence-corrected chi connectivity index (χ0v) is 14.5. The van der Waals surface area contributed by atoms with Gasteiger partial charge in [-0.1, -0.05) is 11.8 Å². The summed E-state index contributed by atoms with van der Waals surface area (Å²) in [6, 6.07) is 3.90. The highest BCUT2D eigenvalue weighted by molar-refractivity contribution is 7.98. The molecular formula is C16H19N5OS. The number of aryl methyl sites for hydroxylation is 2. The predicted octanol–water partition coefficient (Wildman–Crippen LogP) is 3.14. The maximum absolute atomic E-state index is 5.39. The molecule has 3 aromatic rings. The summed E-state index contributed by atoms with van der Waals surface area (Å²) in [5.41, 5.74) is 4.18. The Hall–Kier alpha value is -2.15. The third-order valence-corrected chi connectivity index (χ3v) is 4.57. The van der Waals surface area contributed by atoms with Crippen molar-refractivity contribution in [2.75, 3.05) is 6.61 Å². The number of rotatable bonds is 5. The molecule has 0 bridgehead atoms. The van der Waals surface area contributed by atoms with Crippen molar-refractivity contribution in [2.24, 2.45) is 0 Å². The van der Waals surface area contributed by atoms with E-state index in [1.807, 2.05) is 32.9 Å². The fraction of sp³-hybridized carbons (Fsp3) is 0.375. The van der Waals surface area contributed by atoms with E-state index in [9.17, 15) is 0 Å². The molecule has 7 heteroatoms. The van der Waals surface area contributed by atoms with Crippen molar-refractivity contribution in [1.82, 2.24) is 24.6 Å². The van der Waals surface area contributed by atoms with Crippen LogP contribution in [0.5, 0.6) is 5.75 Å². The Kier molecular flexibility index (Phi) is 4.47. The molecule has 0 aliphatic rings. The Morgan fingerprint density at radius 3 is 2.70 bits per heavy atom. The van der Waals surface area contributed by atoms with E-state index >= 15 is 0 Å². The first-order chi connectivity index (χ1) is 11.1. The van der Waals surface area contributed by atoms with Crippen LogP contribution in [0.15, 0.2) is 23.5 Å². The average molecular weight is 329 g/mol.